The molecular weight excluding hydrogens is 324 g/mol. The number of imide groups is 1. The van der Waals surface area contributed by atoms with Crippen molar-refractivity contribution in [2.75, 3.05) is 13.1 Å². The second kappa shape index (κ2) is 6.68. The van der Waals surface area contributed by atoms with Gasteiger partial charge in [-0.15, -0.1) is 0 Å². The molecule has 6 nitrogen and oxygen atoms in total. The first-order valence-electron chi connectivity index (χ1n) is 7.84. The number of nitrogens with zero attached hydrogens (tertiary/aromatic N) is 3. The summed E-state index contributed by atoms with van der Waals surface area (Å²) in [6.07, 6.45) is 3.61. The third-order valence-electron chi connectivity index (χ3n) is 3.97. The van der Waals surface area contributed by atoms with Crippen molar-refractivity contribution in [3.05, 3.63) is 41.7 Å². The lowest BCUT2D eigenvalue weighted by Crippen LogP contribution is -2.39. The van der Waals surface area contributed by atoms with Crippen LogP contribution in [0.1, 0.15) is 18.1 Å². The highest BCUT2D eigenvalue weighted by Crippen LogP contribution is 2.27. The molecule has 2 heterocycles. The van der Waals surface area contributed by atoms with Crippen LogP contribution in [0.3, 0.4) is 0 Å². The van der Waals surface area contributed by atoms with Crippen LogP contribution in [-0.2, 0) is 4.79 Å². The molecule has 3 rings (SSSR count). The Labute approximate surface area is 145 Å². The minimum Gasteiger partial charge on any atom is -0.336 e. The molecule has 2 aromatic rings. The first-order valence-corrected chi connectivity index (χ1v) is 8.72. The van der Waals surface area contributed by atoms with Crippen molar-refractivity contribution in [2.24, 2.45) is 0 Å². The minimum absolute atomic E-state index is 0.190. The van der Waals surface area contributed by atoms with Gasteiger partial charge in [-0.05, 0) is 32.4 Å². The van der Waals surface area contributed by atoms with Crippen LogP contribution in [0.2, 0.25) is 0 Å². The molecule has 1 aliphatic heterocycles. The summed E-state index contributed by atoms with van der Waals surface area (Å²) in [6.45, 7) is 6.86. The van der Waals surface area contributed by atoms with E-state index in [1.807, 2.05) is 10.8 Å². The normalized spacial score (nSPS) is 15.5. The van der Waals surface area contributed by atoms with Gasteiger partial charge >= 0.3 is 6.03 Å². The maximum absolute atomic E-state index is 12.4. The first kappa shape index (κ1) is 16.6. The molecule has 1 saturated heterocycles. The smallest absolute Gasteiger partial charge is 0.324 e. The highest BCUT2D eigenvalue weighted by atomic mass is 32.2. The largest absolute Gasteiger partial charge is 0.336 e. The van der Waals surface area contributed by atoms with Gasteiger partial charge in [0.15, 0.2) is 5.16 Å². The summed E-state index contributed by atoms with van der Waals surface area (Å²) in [5.74, 6) is -0.190. The van der Waals surface area contributed by atoms with Gasteiger partial charge in [0.05, 0.1) is 10.9 Å². The number of hydrogen-bond donors (Lipinski definition) is 1. The number of hydrogen-bond acceptors (Lipinski definition) is 4. The summed E-state index contributed by atoms with van der Waals surface area (Å²) in [4.78, 5) is 29.7. The molecule has 126 valence electrons. The lowest BCUT2D eigenvalue weighted by atomic mass is 10.1. The highest BCUT2D eigenvalue weighted by molar-refractivity contribution is 8.00. The van der Waals surface area contributed by atoms with E-state index >= 15 is 0 Å². The van der Waals surface area contributed by atoms with Gasteiger partial charge in [0.2, 0.25) is 5.91 Å². The van der Waals surface area contributed by atoms with Gasteiger partial charge in [-0.3, -0.25) is 14.3 Å². The first-order chi connectivity index (χ1) is 11.5. The maximum Gasteiger partial charge on any atom is 0.324 e. The van der Waals surface area contributed by atoms with Gasteiger partial charge in [-0.2, -0.15) is 0 Å². The van der Waals surface area contributed by atoms with E-state index in [0.717, 1.165) is 16.4 Å². The maximum atomic E-state index is 12.4. The molecule has 1 unspecified atom stereocenters. The summed E-state index contributed by atoms with van der Waals surface area (Å²) in [5.41, 5.74) is 3.39. The van der Waals surface area contributed by atoms with Crippen molar-refractivity contribution in [3.8, 4) is 5.69 Å². The van der Waals surface area contributed by atoms with Crippen molar-refractivity contribution in [2.45, 2.75) is 31.2 Å². The predicted molar refractivity (Wildman–Crippen MR) is 93.5 cm³/mol. The Bertz CT molecular complexity index is 787. The number of urea groups is 1. The standard InChI is InChI=1S/C17H20N4O2S/c1-11-4-5-14(12(2)10-11)20-8-7-19-17(20)24-13(3)15(22)21-9-6-18-16(21)23/h4-5,7-8,10,13H,6,9H2,1-3H3,(H,18,23). The van der Waals surface area contributed by atoms with Crippen molar-refractivity contribution in [1.29, 1.82) is 0 Å². The van der Waals surface area contributed by atoms with Gasteiger partial charge < -0.3 is 5.32 Å². The quantitative estimate of drug-likeness (QED) is 0.866. The number of imidazole rings is 1. The van der Waals surface area contributed by atoms with Crippen LogP contribution in [0.25, 0.3) is 5.69 Å². The Morgan fingerprint density at radius 3 is 2.83 bits per heavy atom. The minimum atomic E-state index is -0.388. The number of aryl methyl sites for hydroxylation is 2. The Kier molecular flexibility index (Phi) is 4.62. The van der Waals surface area contributed by atoms with E-state index in [0.29, 0.717) is 13.1 Å². The van der Waals surface area contributed by atoms with Crippen LogP contribution in [0, 0.1) is 13.8 Å². The number of thioether (sulfide) groups is 1. The van der Waals surface area contributed by atoms with Crippen LogP contribution in [0.15, 0.2) is 35.7 Å². The molecule has 0 bridgehead atoms. The molecule has 7 heteroatoms. The monoisotopic (exact) mass is 344 g/mol. The zero-order chi connectivity index (χ0) is 17.3. The van der Waals surface area contributed by atoms with Gasteiger partial charge in [0.1, 0.15) is 0 Å². The van der Waals surface area contributed by atoms with Crippen molar-refractivity contribution in [3.63, 3.8) is 0 Å². The number of benzene rings is 1. The number of rotatable bonds is 4. The van der Waals surface area contributed by atoms with E-state index in [1.165, 1.54) is 22.2 Å². The van der Waals surface area contributed by atoms with Crippen LogP contribution in [0.4, 0.5) is 4.79 Å². The average molecular weight is 344 g/mol. The van der Waals surface area contributed by atoms with Gasteiger partial charge in [0, 0.05) is 25.5 Å². The fourth-order valence-electron chi connectivity index (χ4n) is 2.75. The van der Waals surface area contributed by atoms with E-state index in [1.54, 1.807) is 13.1 Å². The van der Waals surface area contributed by atoms with E-state index < -0.39 is 0 Å². The van der Waals surface area contributed by atoms with Gasteiger partial charge in [-0.25, -0.2) is 9.78 Å². The van der Waals surface area contributed by atoms with Gasteiger partial charge in [-0.1, -0.05) is 29.5 Å². The molecule has 1 aromatic heterocycles. The van der Waals surface area contributed by atoms with Gasteiger partial charge in [0.25, 0.3) is 0 Å². The summed E-state index contributed by atoms with van der Waals surface area (Å²) in [5, 5.41) is 3.00. The Morgan fingerprint density at radius 2 is 2.17 bits per heavy atom. The van der Waals surface area contributed by atoms with Crippen LogP contribution in [0.5, 0.6) is 0 Å². The van der Waals surface area contributed by atoms with Crippen molar-refractivity contribution >= 4 is 23.7 Å². The molecule has 1 atom stereocenters. The second-order valence-corrected chi connectivity index (χ2v) is 7.16. The third kappa shape index (κ3) is 3.17. The summed E-state index contributed by atoms with van der Waals surface area (Å²) < 4.78 is 1.98. The molecule has 0 radical (unpaired) electrons. The molecule has 1 fully saturated rings. The Morgan fingerprint density at radius 1 is 1.38 bits per heavy atom. The second-order valence-electron chi connectivity index (χ2n) is 5.85. The number of aromatic nitrogens is 2. The summed E-state index contributed by atoms with van der Waals surface area (Å²) in [7, 11) is 0. The summed E-state index contributed by atoms with van der Waals surface area (Å²) >= 11 is 1.36. The van der Waals surface area contributed by atoms with E-state index in [9.17, 15) is 9.59 Å². The fraction of sp³-hybridized carbons (Fsp3) is 0.353. The van der Waals surface area contributed by atoms with Crippen molar-refractivity contribution < 1.29 is 9.59 Å². The highest BCUT2D eigenvalue weighted by Gasteiger charge is 2.30. The topological polar surface area (TPSA) is 67.2 Å². The third-order valence-corrected chi connectivity index (χ3v) is 5.04. The van der Waals surface area contributed by atoms with Crippen LogP contribution in [-0.4, -0.2) is 44.7 Å². The molecule has 0 spiro atoms. The van der Waals surface area contributed by atoms with Crippen LogP contribution < -0.4 is 5.32 Å². The van der Waals surface area contributed by atoms with Crippen molar-refractivity contribution in [1.82, 2.24) is 19.8 Å². The van der Waals surface area contributed by atoms with E-state index in [-0.39, 0.29) is 17.2 Å². The zero-order valence-electron chi connectivity index (χ0n) is 13.9. The molecule has 0 aliphatic carbocycles. The Hall–Kier alpha value is -2.28. The molecule has 1 aliphatic rings. The lowest BCUT2D eigenvalue weighted by molar-refractivity contribution is -0.126. The van der Waals surface area contributed by atoms with Crippen LogP contribution >= 0.6 is 11.8 Å². The van der Waals surface area contributed by atoms with E-state index in [4.69, 9.17) is 0 Å². The number of amides is 3. The number of nitrogens with one attached hydrogen (secondary N) is 1. The number of carbonyl (C=O) groups is 2. The Balaban J connectivity index is 1.80. The van der Waals surface area contributed by atoms with E-state index in [2.05, 4.69) is 42.3 Å². The molecule has 1 aromatic carbocycles. The molecular formula is C17H20N4O2S. The summed E-state index contributed by atoms with van der Waals surface area (Å²) in [6, 6.07) is 5.91. The zero-order valence-corrected chi connectivity index (χ0v) is 14.8. The molecule has 1 N–H and O–H groups in total. The SMILES string of the molecule is Cc1ccc(-n2ccnc2SC(C)C(=O)N2CCNC2=O)c(C)c1. The predicted octanol–water partition coefficient (Wildman–Crippen LogP) is 2.52. The molecule has 3 amide bonds. The average Bonchev–Trinajstić information content (AvgIpc) is 3.15. The molecule has 24 heavy (non-hydrogen) atoms. The molecule has 0 saturated carbocycles. The lowest BCUT2D eigenvalue weighted by Gasteiger charge is -2.18. The fourth-order valence-corrected chi connectivity index (χ4v) is 3.68. The number of carbonyl (C=O) groups excluding carboxylic acids is 2.